The molecule has 0 aromatic heterocycles. The summed E-state index contributed by atoms with van der Waals surface area (Å²) in [6.45, 7) is 3.39. The monoisotopic (exact) mass is 235 g/mol. The lowest BCUT2D eigenvalue weighted by atomic mass is 10.2. The Morgan fingerprint density at radius 3 is 2.76 bits per heavy atom. The number of hydrogen-bond donors (Lipinski definition) is 2. The van der Waals surface area contributed by atoms with Crippen molar-refractivity contribution in [1.29, 1.82) is 0 Å². The second-order valence-electron chi connectivity index (χ2n) is 4.01. The highest BCUT2D eigenvalue weighted by atomic mass is 16.5. The van der Waals surface area contributed by atoms with E-state index in [1.54, 1.807) is 7.11 Å². The van der Waals surface area contributed by atoms with Crippen LogP contribution in [0.3, 0.4) is 0 Å². The molecule has 0 spiro atoms. The Kier molecular flexibility index (Phi) is 6.10. The SMILES string of the molecule is COCCC(C)NC(N)=NCc1ccccc1. The normalized spacial score (nSPS) is 13.4. The van der Waals surface area contributed by atoms with Gasteiger partial charge in [-0.2, -0.15) is 0 Å². The highest BCUT2D eigenvalue weighted by Gasteiger charge is 2.01. The van der Waals surface area contributed by atoms with Crippen molar-refractivity contribution in [2.75, 3.05) is 13.7 Å². The molecule has 1 aromatic carbocycles. The second-order valence-corrected chi connectivity index (χ2v) is 4.01. The lowest BCUT2D eigenvalue weighted by molar-refractivity contribution is 0.187. The number of nitrogens with two attached hydrogens (primary N) is 1. The molecule has 1 rings (SSSR count). The van der Waals surface area contributed by atoms with E-state index in [-0.39, 0.29) is 6.04 Å². The second kappa shape index (κ2) is 7.68. The molecular formula is C13H21N3O. The highest BCUT2D eigenvalue weighted by Crippen LogP contribution is 1.99. The van der Waals surface area contributed by atoms with Crippen molar-refractivity contribution >= 4 is 5.96 Å². The topological polar surface area (TPSA) is 59.6 Å². The van der Waals surface area contributed by atoms with Crippen LogP contribution in [0.4, 0.5) is 0 Å². The van der Waals surface area contributed by atoms with Crippen molar-refractivity contribution in [2.24, 2.45) is 10.7 Å². The molecule has 17 heavy (non-hydrogen) atoms. The van der Waals surface area contributed by atoms with Crippen LogP contribution in [0, 0.1) is 0 Å². The van der Waals surface area contributed by atoms with E-state index in [9.17, 15) is 0 Å². The Hall–Kier alpha value is -1.55. The molecule has 4 heteroatoms. The average molecular weight is 235 g/mol. The van der Waals surface area contributed by atoms with Gasteiger partial charge in [0.1, 0.15) is 0 Å². The molecule has 0 bridgehead atoms. The van der Waals surface area contributed by atoms with Crippen LogP contribution in [0.25, 0.3) is 0 Å². The van der Waals surface area contributed by atoms with Crippen LogP contribution >= 0.6 is 0 Å². The van der Waals surface area contributed by atoms with Gasteiger partial charge in [0.15, 0.2) is 5.96 Å². The van der Waals surface area contributed by atoms with E-state index < -0.39 is 0 Å². The number of rotatable bonds is 6. The summed E-state index contributed by atoms with van der Waals surface area (Å²) < 4.78 is 5.00. The van der Waals surface area contributed by atoms with Crippen molar-refractivity contribution < 1.29 is 4.74 Å². The Bertz CT molecular complexity index is 338. The minimum Gasteiger partial charge on any atom is -0.385 e. The zero-order valence-electron chi connectivity index (χ0n) is 10.5. The number of ether oxygens (including phenoxy) is 1. The van der Waals surface area contributed by atoms with Gasteiger partial charge in [-0.15, -0.1) is 0 Å². The summed E-state index contributed by atoms with van der Waals surface area (Å²) >= 11 is 0. The third kappa shape index (κ3) is 5.92. The molecule has 0 heterocycles. The van der Waals surface area contributed by atoms with Crippen LogP contribution in [0.2, 0.25) is 0 Å². The minimum absolute atomic E-state index is 0.273. The summed E-state index contributed by atoms with van der Waals surface area (Å²) in [5, 5.41) is 3.13. The van der Waals surface area contributed by atoms with Crippen LogP contribution in [-0.2, 0) is 11.3 Å². The maximum Gasteiger partial charge on any atom is 0.189 e. The number of nitrogens with one attached hydrogen (secondary N) is 1. The van der Waals surface area contributed by atoms with E-state index in [1.165, 1.54) is 0 Å². The molecular weight excluding hydrogens is 214 g/mol. The van der Waals surface area contributed by atoms with Gasteiger partial charge in [0, 0.05) is 19.8 Å². The molecule has 0 saturated heterocycles. The molecule has 94 valence electrons. The van der Waals surface area contributed by atoms with Crippen molar-refractivity contribution in [2.45, 2.75) is 25.9 Å². The third-order valence-corrected chi connectivity index (χ3v) is 2.42. The molecule has 0 radical (unpaired) electrons. The predicted octanol–water partition coefficient (Wildman–Crippen LogP) is 1.52. The van der Waals surface area contributed by atoms with E-state index in [4.69, 9.17) is 10.5 Å². The van der Waals surface area contributed by atoms with Crippen LogP contribution in [0.5, 0.6) is 0 Å². The van der Waals surface area contributed by atoms with E-state index in [0.717, 1.165) is 18.6 Å². The highest BCUT2D eigenvalue weighted by molar-refractivity contribution is 5.78. The zero-order valence-corrected chi connectivity index (χ0v) is 10.5. The Labute approximate surface area is 103 Å². The molecule has 0 aliphatic heterocycles. The Morgan fingerprint density at radius 2 is 2.12 bits per heavy atom. The van der Waals surface area contributed by atoms with Gasteiger partial charge in [0.25, 0.3) is 0 Å². The molecule has 0 aliphatic carbocycles. The van der Waals surface area contributed by atoms with Crippen LogP contribution in [-0.4, -0.2) is 25.7 Å². The van der Waals surface area contributed by atoms with Gasteiger partial charge < -0.3 is 15.8 Å². The molecule has 4 nitrogen and oxygen atoms in total. The van der Waals surface area contributed by atoms with Crippen LogP contribution < -0.4 is 11.1 Å². The van der Waals surface area contributed by atoms with Gasteiger partial charge in [0.05, 0.1) is 6.54 Å². The first-order valence-corrected chi connectivity index (χ1v) is 5.81. The number of nitrogens with zero attached hydrogens (tertiary/aromatic N) is 1. The molecule has 0 saturated carbocycles. The smallest absolute Gasteiger partial charge is 0.189 e. The number of aliphatic imine (C=N–C) groups is 1. The lowest BCUT2D eigenvalue weighted by Crippen LogP contribution is -2.38. The molecule has 0 fully saturated rings. The van der Waals surface area contributed by atoms with Crippen molar-refractivity contribution in [1.82, 2.24) is 5.32 Å². The quantitative estimate of drug-likeness (QED) is 0.580. The van der Waals surface area contributed by atoms with E-state index in [1.807, 2.05) is 30.3 Å². The Balaban J connectivity index is 2.34. The maximum atomic E-state index is 5.79. The molecule has 0 aliphatic rings. The number of hydrogen-bond acceptors (Lipinski definition) is 2. The van der Waals surface area contributed by atoms with Crippen molar-refractivity contribution in [3.05, 3.63) is 35.9 Å². The fourth-order valence-corrected chi connectivity index (χ4v) is 1.42. The number of guanidine groups is 1. The van der Waals surface area contributed by atoms with Gasteiger partial charge in [-0.1, -0.05) is 30.3 Å². The largest absolute Gasteiger partial charge is 0.385 e. The first kappa shape index (κ1) is 13.5. The van der Waals surface area contributed by atoms with Gasteiger partial charge in [0.2, 0.25) is 0 Å². The molecule has 1 atom stereocenters. The predicted molar refractivity (Wildman–Crippen MR) is 70.9 cm³/mol. The van der Waals surface area contributed by atoms with E-state index >= 15 is 0 Å². The van der Waals surface area contributed by atoms with Crippen LogP contribution in [0.1, 0.15) is 18.9 Å². The molecule has 3 N–H and O–H groups in total. The molecule has 1 aromatic rings. The lowest BCUT2D eigenvalue weighted by Gasteiger charge is -2.13. The van der Waals surface area contributed by atoms with E-state index in [2.05, 4.69) is 17.2 Å². The average Bonchev–Trinajstić information content (AvgIpc) is 2.35. The summed E-state index contributed by atoms with van der Waals surface area (Å²) in [6.07, 6.45) is 0.915. The van der Waals surface area contributed by atoms with Crippen molar-refractivity contribution in [3.8, 4) is 0 Å². The molecule has 1 unspecified atom stereocenters. The van der Waals surface area contributed by atoms with Gasteiger partial charge in [-0.3, -0.25) is 0 Å². The molecule has 0 amide bonds. The fraction of sp³-hybridized carbons (Fsp3) is 0.462. The maximum absolute atomic E-state index is 5.79. The fourth-order valence-electron chi connectivity index (χ4n) is 1.42. The van der Waals surface area contributed by atoms with Crippen LogP contribution in [0.15, 0.2) is 35.3 Å². The van der Waals surface area contributed by atoms with Gasteiger partial charge in [-0.25, -0.2) is 4.99 Å². The van der Waals surface area contributed by atoms with Gasteiger partial charge >= 0.3 is 0 Å². The van der Waals surface area contributed by atoms with Gasteiger partial charge in [-0.05, 0) is 18.9 Å². The zero-order chi connectivity index (χ0) is 12.5. The standard InChI is InChI=1S/C13H21N3O/c1-11(8-9-17-2)16-13(14)15-10-12-6-4-3-5-7-12/h3-7,11H,8-10H2,1-2H3,(H3,14,15,16). The third-order valence-electron chi connectivity index (χ3n) is 2.42. The van der Waals surface area contributed by atoms with E-state index in [0.29, 0.717) is 12.5 Å². The first-order valence-electron chi connectivity index (χ1n) is 5.81. The summed E-state index contributed by atoms with van der Waals surface area (Å²) in [5.74, 6) is 0.484. The first-order chi connectivity index (χ1) is 8.22. The summed E-state index contributed by atoms with van der Waals surface area (Å²) in [4.78, 5) is 4.28. The minimum atomic E-state index is 0.273. The summed E-state index contributed by atoms with van der Waals surface area (Å²) in [7, 11) is 1.69. The van der Waals surface area contributed by atoms with Crippen molar-refractivity contribution in [3.63, 3.8) is 0 Å². The summed E-state index contributed by atoms with van der Waals surface area (Å²) in [6, 6.07) is 10.3. The summed E-state index contributed by atoms with van der Waals surface area (Å²) in [5.41, 5.74) is 6.95. The Morgan fingerprint density at radius 1 is 1.41 bits per heavy atom. The number of methoxy groups -OCH3 is 1. The number of benzene rings is 1.